The molecular formula is C26H25FN2O4. The van der Waals surface area contributed by atoms with E-state index in [-0.39, 0.29) is 30.0 Å². The number of furan rings is 1. The standard InChI is InChI=1S/C26H25FN2O4/c27-20-8-5-19(6-9-20)25-22-16-21(33-17-24(30)28-12-1-2-13-28)10-7-18(22)11-14-29(25)26(31)23-4-3-15-32-23/h3-10,15-16,25H,1-2,11-14,17H2. The van der Waals surface area contributed by atoms with Crippen LogP contribution >= 0.6 is 0 Å². The zero-order valence-corrected chi connectivity index (χ0v) is 18.2. The molecule has 2 aliphatic rings. The van der Waals surface area contributed by atoms with Gasteiger partial charge in [-0.2, -0.15) is 0 Å². The van der Waals surface area contributed by atoms with Crippen molar-refractivity contribution in [2.45, 2.75) is 25.3 Å². The molecule has 0 N–H and O–H groups in total. The topological polar surface area (TPSA) is 63.0 Å². The first-order valence-electron chi connectivity index (χ1n) is 11.2. The first-order chi connectivity index (χ1) is 16.1. The quantitative estimate of drug-likeness (QED) is 0.587. The number of hydrogen-bond acceptors (Lipinski definition) is 4. The number of carbonyl (C=O) groups is 2. The molecule has 0 bridgehead atoms. The molecule has 1 saturated heterocycles. The normalized spacial score (nSPS) is 17.7. The maximum atomic E-state index is 13.6. The van der Waals surface area contributed by atoms with E-state index in [9.17, 15) is 14.0 Å². The van der Waals surface area contributed by atoms with Crippen LogP contribution in [0.5, 0.6) is 5.75 Å². The van der Waals surface area contributed by atoms with Crippen LogP contribution in [0.2, 0.25) is 0 Å². The lowest BCUT2D eigenvalue weighted by Gasteiger charge is -2.37. The summed E-state index contributed by atoms with van der Waals surface area (Å²) in [6.45, 7) is 2.04. The van der Waals surface area contributed by atoms with Gasteiger partial charge < -0.3 is 19.0 Å². The summed E-state index contributed by atoms with van der Waals surface area (Å²) < 4.78 is 24.8. The predicted molar refractivity (Wildman–Crippen MR) is 119 cm³/mol. The minimum absolute atomic E-state index is 0.0186. The molecule has 2 aliphatic heterocycles. The van der Waals surface area contributed by atoms with Crippen molar-refractivity contribution in [1.82, 2.24) is 9.80 Å². The zero-order valence-electron chi connectivity index (χ0n) is 18.2. The molecule has 5 rings (SSSR count). The van der Waals surface area contributed by atoms with Crippen LogP contribution in [-0.2, 0) is 11.2 Å². The van der Waals surface area contributed by atoms with E-state index in [1.54, 1.807) is 29.2 Å². The van der Waals surface area contributed by atoms with Crippen LogP contribution in [0.1, 0.15) is 46.1 Å². The van der Waals surface area contributed by atoms with E-state index in [0.717, 1.165) is 42.6 Å². The van der Waals surface area contributed by atoms with Crippen LogP contribution < -0.4 is 4.74 Å². The SMILES string of the molecule is O=C(COc1ccc2c(c1)C(c1ccc(F)cc1)N(C(=O)c1ccco1)CC2)N1CCCC1. The maximum Gasteiger partial charge on any atom is 0.290 e. The number of likely N-dealkylation sites (tertiary alicyclic amines) is 1. The van der Waals surface area contributed by atoms with Crippen LogP contribution in [0.4, 0.5) is 4.39 Å². The summed E-state index contributed by atoms with van der Waals surface area (Å²) in [7, 11) is 0. The minimum Gasteiger partial charge on any atom is -0.484 e. The van der Waals surface area contributed by atoms with Gasteiger partial charge >= 0.3 is 0 Å². The molecule has 3 aromatic rings. The Labute approximate surface area is 191 Å². The van der Waals surface area contributed by atoms with Crippen molar-refractivity contribution >= 4 is 11.8 Å². The van der Waals surface area contributed by atoms with Gasteiger partial charge in [-0.3, -0.25) is 9.59 Å². The van der Waals surface area contributed by atoms with Crippen molar-refractivity contribution in [3.05, 3.63) is 89.1 Å². The largest absolute Gasteiger partial charge is 0.484 e. The number of ether oxygens (including phenoxy) is 1. The Morgan fingerprint density at radius 3 is 2.55 bits per heavy atom. The number of carbonyl (C=O) groups excluding carboxylic acids is 2. The summed E-state index contributed by atoms with van der Waals surface area (Å²) in [5.74, 6) is 0.247. The summed E-state index contributed by atoms with van der Waals surface area (Å²) in [6, 6.07) is 14.8. The van der Waals surface area contributed by atoms with E-state index in [1.807, 2.05) is 23.1 Å². The molecule has 0 radical (unpaired) electrons. The molecule has 2 aromatic carbocycles. The summed E-state index contributed by atoms with van der Waals surface area (Å²) in [4.78, 5) is 29.2. The van der Waals surface area contributed by atoms with E-state index in [4.69, 9.17) is 9.15 Å². The third-order valence-electron chi connectivity index (χ3n) is 6.35. The summed E-state index contributed by atoms with van der Waals surface area (Å²) in [6.07, 6.45) is 4.21. The van der Waals surface area contributed by atoms with Crippen molar-refractivity contribution in [1.29, 1.82) is 0 Å². The van der Waals surface area contributed by atoms with Crippen molar-refractivity contribution < 1.29 is 23.1 Å². The van der Waals surface area contributed by atoms with Gasteiger partial charge in [-0.05, 0) is 72.4 Å². The first-order valence-corrected chi connectivity index (χ1v) is 11.2. The maximum absolute atomic E-state index is 13.6. The summed E-state index contributed by atoms with van der Waals surface area (Å²) in [5.41, 5.74) is 2.78. The van der Waals surface area contributed by atoms with Gasteiger partial charge in [-0.15, -0.1) is 0 Å². The number of nitrogens with zero attached hydrogens (tertiary/aromatic N) is 2. The highest BCUT2D eigenvalue weighted by molar-refractivity contribution is 5.92. The number of halogens is 1. The number of amides is 2. The summed E-state index contributed by atoms with van der Waals surface area (Å²) in [5, 5.41) is 0. The van der Waals surface area contributed by atoms with Crippen LogP contribution in [0, 0.1) is 5.82 Å². The highest BCUT2D eigenvalue weighted by atomic mass is 19.1. The Balaban J connectivity index is 1.46. The zero-order chi connectivity index (χ0) is 22.8. The van der Waals surface area contributed by atoms with E-state index >= 15 is 0 Å². The monoisotopic (exact) mass is 448 g/mol. The Hall–Kier alpha value is -3.61. The van der Waals surface area contributed by atoms with Gasteiger partial charge in [0.2, 0.25) is 0 Å². The van der Waals surface area contributed by atoms with Crippen LogP contribution in [-0.4, -0.2) is 47.9 Å². The average molecular weight is 448 g/mol. The van der Waals surface area contributed by atoms with Gasteiger partial charge in [-0.25, -0.2) is 4.39 Å². The van der Waals surface area contributed by atoms with Crippen LogP contribution in [0.25, 0.3) is 0 Å². The second-order valence-electron chi connectivity index (χ2n) is 8.42. The van der Waals surface area contributed by atoms with Gasteiger partial charge in [0, 0.05) is 19.6 Å². The molecule has 2 amide bonds. The second-order valence-corrected chi connectivity index (χ2v) is 8.42. The van der Waals surface area contributed by atoms with E-state index in [1.165, 1.54) is 18.4 Å². The molecule has 1 fully saturated rings. The molecule has 3 heterocycles. The molecule has 33 heavy (non-hydrogen) atoms. The lowest BCUT2D eigenvalue weighted by molar-refractivity contribution is -0.132. The number of fused-ring (bicyclic) bond motifs is 1. The number of hydrogen-bond donors (Lipinski definition) is 0. The minimum atomic E-state index is -0.426. The molecule has 1 unspecified atom stereocenters. The first kappa shape index (κ1) is 21.2. The Bertz CT molecular complexity index is 1140. The molecular weight excluding hydrogens is 423 g/mol. The Morgan fingerprint density at radius 1 is 1.03 bits per heavy atom. The smallest absolute Gasteiger partial charge is 0.290 e. The van der Waals surface area contributed by atoms with Gasteiger partial charge in [-0.1, -0.05) is 18.2 Å². The van der Waals surface area contributed by atoms with Crippen LogP contribution in [0.15, 0.2) is 65.3 Å². The van der Waals surface area contributed by atoms with Gasteiger partial charge in [0.1, 0.15) is 11.6 Å². The Kier molecular flexibility index (Phi) is 5.86. The summed E-state index contributed by atoms with van der Waals surface area (Å²) >= 11 is 0. The molecule has 170 valence electrons. The van der Waals surface area contributed by atoms with Crippen LogP contribution in [0.3, 0.4) is 0 Å². The Morgan fingerprint density at radius 2 is 1.82 bits per heavy atom. The fourth-order valence-corrected chi connectivity index (χ4v) is 4.65. The molecule has 7 heteroatoms. The second kappa shape index (κ2) is 9.10. The van der Waals surface area contributed by atoms with Gasteiger partial charge in [0.25, 0.3) is 11.8 Å². The fraction of sp³-hybridized carbons (Fsp3) is 0.308. The van der Waals surface area contributed by atoms with E-state index in [2.05, 4.69) is 0 Å². The third kappa shape index (κ3) is 4.35. The molecule has 0 spiro atoms. The number of rotatable bonds is 5. The average Bonchev–Trinajstić information content (AvgIpc) is 3.57. The third-order valence-corrected chi connectivity index (χ3v) is 6.35. The molecule has 1 atom stereocenters. The van der Waals surface area contributed by atoms with Crippen molar-refractivity contribution in [3.8, 4) is 5.75 Å². The van der Waals surface area contributed by atoms with E-state index < -0.39 is 6.04 Å². The highest BCUT2D eigenvalue weighted by Crippen LogP contribution is 2.38. The lowest BCUT2D eigenvalue weighted by atomic mass is 9.87. The van der Waals surface area contributed by atoms with Crippen molar-refractivity contribution in [3.63, 3.8) is 0 Å². The van der Waals surface area contributed by atoms with Crippen molar-refractivity contribution in [2.75, 3.05) is 26.2 Å². The van der Waals surface area contributed by atoms with E-state index in [0.29, 0.717) is 18.7 Å². The number of benzene rings is 2. The van der Waals surface area contributed by atoms with Gasteiger partial charge in [0.05, 0.1) is 12.3 Å². The fourth-order valence-electron chi connectivity index (χ4n) is 4.65. The lowest BCUT2D eigenvalue weighted by Crippen LogP contribution is -2.40. The van der Waals surface area contributed by atoms with Crippen molar-refractivity contribution in [2.24, 2.45) is 0 Å². The highest BCUT2D eigenvalue weighted by Gasteiger charge is 2.34. The molecule has 0 saturated carbocycles. The molecule has 1 aromatic heterocycles. The predicted octanol–water partition coefficient (Wildman–Crippen LogP) is 4.21. The molecule has 6 nitrogen and oxygen atoms in total. The molecule has 0 aliphatic carbocycles. The van der Waals surface area contributed by atoms with Gasteiger partial charge in [0.15, 0.2) is 12.4 Å².